The largest absolute Gasteiger partial charge is 0.488 e. The Kier molecular flexibility index (Phi) is 8.30. The summed E-state index contributed by atoms with van der Waals surface area (Å²) in [6.45, 7) is 14.9. The minimum Gasteiger partial charge on any atom is -0.488 e. The third-order valence-corrected chi connectivity index (χ3v) is 6.21. The van der Waals surface area contributed by atoms with E-state index in [0.717, 1.165) is 36.8 Å². The highest BCUT2D eigenvalue weighted by Crippen LogP contribution is 2.39. The van der Waals surface area contributed by atoms with Gasteiger partial charge < -0.3 is 4.74 Å². The molecule has 3 aromatic rings. The van der Waals surface area contributed by atoms with Crippen molar-refractivity contribution in [2.75, 3.05) is 6.61 Å². The second-order valence-electron chi connectivity index (χ2n) is 11.2. The van der Waals surface area contributed by atoms with Crippen molar-refractivity contribution >= 4 is 0 Å². The molecule has 35 heavy (non-hydrogen) atoms. The van der Waals surface area contributed by atoms with Crippen LogP contribution < -0.4 is 4.74 Å². The summed E-state index contributed by atoms with van der Waals surface area (Å²) in [5.74, 6) is -1.82. The molecule has 0 N–H and O–H groups in total. The lowest BCUT2D eigenvalue weighted by Crippen LogP contribution is -2.12. The van der Waals surface area contributed by atoms with E-state index in [4.69, 9.17) is 4.74 Å². The molecular formula is C30H38F2N2O. The third-order valence-electron chi connectivity index (χ3n) is 6.21. The van der Waals surface area contributed by atoms with Crippen LogP contribution in [0.1, 0.15) is 85.3 Å². The fraction of sp³-hybridized carbons (Fsp3) is 0.467. The summed E-state index contributed by atoms with van der Waals surface area (Å²) in [7, 11) is 0. The van der Waals surface area contributed by atoms with Crippen molar-refractivity contribution in [3.63, 3.8) is 0 Å². The van der Waals surface area contributed by atoms with Gasteiger partial charge in [-0.1, -0.05) is 67.7 Å². The summed E-state index contributed by atoms with van der Waals surface area (Å²) >= 11 is 0. The van der Waals surface area contributed by atoms with E-state index in [0.29, 0.717) is 11.4 Å². The molecule has 0 bridgehead atoms. The van der Waals surface area contributed by atoms with Crippen molar-refractivity contribution in [3.8, 4) is 28.3 Å². The summed E-state index contributed by atoms with van der Waals surface area (Å²) in [5, 5.41) is 0. The smallest absolute Gasteiger partial charge is 0.192 e. The summed E-state index contributed by atoms with van der Waals surface area (Å²) in [6.07, 6.45) is 7.17. The second-order valence-corrected chi connectivity index (χ2v) is 11.2. The molecule has 3 rings (SSSR count). The Bertz CT molecular complexity index is 1080. The Labute approximate surface area is 209 Å². The molecule has 0 saturated carbocycles. The Hall–Kier alpha value is -2.82. The maximum atomic E-state index is 15.8. The molecule has 0 unspecified atom stereocenters. The lowest BCUT2D eigenvalue weighted by Gasteiger charge is -2.21. The lowest BCUT2D eigenvalue weighted by molar-refractivity contribution is 0.276. The fourth-order valence-corrected chi connectivity index (χ4v) is 3.90. The minimum atomic E-state index is -0.729. The van der Waals surface area contributed by atoms with Crippen molar-refractivity contribution in [1.29, 1.82) is 0 Å². The van der Waals surface area contributed by atoms with Gasteiger partial charge in [-0.2, -0.15) is 0 Å². The van der Waals surface area contributed by atoms with Gasteiger partial charge in [-0.3, -0.25) is 9.97 Å². The first-order valence-corrected chi connectivity index (χ1v) is 12.5. The van der Waals surface area contributed by atoms with Gasteiger partial charge in [-0.15, -0.1) is 0 Å². The number of hydrogen-bond donors (Lipinski definition) is 0. The predicted octanol–water partition coefficient (Wildman–Crippen LogP) is 8.64. The number of benzene rings is 1. The highest BCUT2D eigenvalue weighted by molar-refractivity contribution is 5.74. The average molecular weight is 481 g/mol. The molecule has 0 saturated heterocycles. The number of ether oxygens (including phenoxy) is 1. The van der Waals surface area contributed by atoms with Crippen LogP contribution in [0.25, 0.3) is 22.5 Å². The maximum Gasteiger partial charge on any atom is 0.192 e. The molecular weight excluding hydrogens is 442 g/mol. The summed E-state index contributed by atoms with van der Waals surface area (Å²) in [5.41, 5.74) is 3.05. The van der Waals surface area contributed by atoms with Gasteiger partial charge in [0.05, 0.1) is 18.0 Å². The van der Waals surface area contributed by atoms with Gasteiger partial charge in [0, 0.05) is 23.5 Å². The number of halogens is 2. The van der Waals surface area contributed by atoms with E-state index >= 15 is 8.78 Å². The van der Waals surface area contributed by atoms with E-state index in [1.54, 1.807) is 12.4 Å². The van der Waals surface area contributed by atoms with E-state index in [9.17, 15) is 0 Å². The Morgan fingerprint density at radius 3 is 1.63 bits per heavy atom. The van der Waals surface area contributed by atoms with Gasteiger partial charge >= 0.3 is 0 Å². The van der Waals surface area contributed by atoms with Crippen LogP contribution in [0, 0.1) is 11.6 Å². The highest BCUT2D eigenvalue weighted by atomic mass is 19.1. The Balaban J connectivity index is 2.16. The van der Waals surface area contributed by atoms with Gasteiger partial charge in [0.2, 0.25) is 0 Å². The first-order valence-electron chi connectivity index (χ1n) is 12.5. The molecule has 0 fully saturated rings. The number of aromatic nitrogens is 2. The SMILES string of the molecule is CCCCCCOc1c(F)c(-c2cc(C(C)(C)C)ccn2)cc(-c2cc(C(C)(C)C)ccn2)c1F. The molecule has 3 nitrogen and oxygen atoms in total. The number of nitrogens with zero attached hydrogens (tertiary/aromatic N) is 2. The molecule has 0 aliphatic rings. The zero-order valence-corrected chi connectivity index (χ0v) is 22.1. The topological polar surface area (TPSA) is 35.0 Å². The summed E-state index contributed by atoms with van der Waals surface area (Å²) in [6, 6.07) is 9.09. The molecule has 0 radical (unpaired) electrons. The number of unbranched alkanes of at least 4 members (excludes halogenated alkanes) is 3. The first-order chi connectivity index (χ1) is 16.4. The highest BCUT2D eigenvalue weighted by Gasteiger charge is 2.25. The van der Waals surface area contributed by atoms with Crippen LogP contribution >= 0.6 is 0 Å². The number of pyridine rings is 2. The van der Waals surface area contributed by atoms with Gasteiger partial charge in [-0.05, 0) is 58.7 Å². The van der Waals surface area contributed by atoms with Crippen LogP contribution in [0.4, 0.5) is 8.78 Å². The summed E-state index contributed by atoms with van der Waals surface area (Å²) in [4.78, 5) is 8.86. The standard InChI is InChI=1S/C30H38F2N2O/c1-8-9-10-11-16-35-28-26(31)22(24-17-20(12-14-33-24)29(2,3)4)19-23(27(28)32)25-18-21(13-15-34-25)30(5,6)7/h12-15,17-19H,8-11,16H2,1-7H3. The van der Waals surface area contributed by atoms with Crippen molar-refractivity contribution in [1.82, 2.24) is 9.97 Å². The van der Waals surface area contributed by atoms with Crippen LogP contribution in [0.3, 0.4) is 0 Å². The van der Waals surface area contributed by atoms with E-state index in [1.165, 1.54) is 6.07 Å². The first kappa shape index (κ1) is 26.8. The van der Waals surface area contributed by atoms with Crippen molar-refractivity contribution in [2.45, 2.75) is 85.0 Å². The molecule has 2 aromatic heterocycles. The van der Waals surface area contributed by atoms with Gasteiger partial charge in [-0.25, -0.2) is 8.78 Å². The minimum absolute atomic E-state index is 0.141. The molecule has 5 heteroatoms. The monoisotopic (exact) mass is 480 g/mol. The van der Waals surface area contributed by atoms with E-state index in [1.807, 2.05) is 24.3 Å². The summed E-state index contributed by atoms with van der Waals surface area (Å²) < 4.78 is 37.3. The molecule has 188 valence electrons. The third kappa shape index (κ3) is 6.45. The van der Waals surface area contributed by atoms with Crippen molar-refractivity contribution in [2.24, 2.45) is 0 Å². The quantitative estimate of drug-likeness (QED) is 0.303. The molecule has 0 atom stereocenters. The molecule has 0 spiro atoms. The van der Waals surface area contributed by atoms with Crippen molar-refractivity contribution in [3.05, 3.63) is 65.5 Å². The normalized spacial score (nSPS) is 12.1. The number of rotatable bonds is 8. The zero-order chi connectivity index (χ0) is 25.8. The van der Waals surface area contributed by atoms with Gasteiger partial charge in [0.15, 0.2) is 17.4 Å². The molecule has 0 amide bonds. The zero-order valence-electron chi connectivity index (χ0n) is 22.1. The van der Waals surface area contributed by atoms with E-state index < -0.39 is 11.6 Å². The Morgan fingerprint density at radius 1 is 0.714 bits per heavy atom. The van der Waals surface area contributed by atoms with Crippen LogP contribution in [-0.4, -0.2) is 16.6 Å². The van der Waals surface area contributed by atoms with Gasteiger partial charge in [0.25, 0.3) is 0 Å². The second kappa shape index (κ2) is 10.8. The lowest BCUT2D eigenvalue weighted by atomic mass is 9.86. The van der Waals surface area contributed by atoms with E-state index in [-0.39, 0.29) is 34.3 Å². The molecule has 0 aliphatic heterocycles. The van der Waals surface area contributed by atoms with Gasteiger partial charge in [0.1, 0.15) is 0 Å². The Morgan fingerprint density at radius 2 is 1.20 bits per heavy atom. The van der Waals surface area contributed by atoms with Crippen LogP contribution in [0.2, 0.25) is 0 Å². The predicted molar refractivity (Wildman–Crippen MR) is 140 cm³/mol. The molecule has 1 aromatic carbocycles. The number of hydrogen-bond acceptors (Lipinski definition) is 3. The fourth-order valence-electron chi connectivity index (χ4n) is 3.90. The van der Waals surface area contributed by atoms with Crippen LogP contribution in [0.15, 0.2) is 42.7 Å². The molecule has 2 heterocycles. The van der Waals surface area contributed by atoms with E-state index in [2.05, 4.69) is 58.4 Å². The van der Waals surface area contributed by atoms with Crippen molar-refractivity contribution < 1.29 is 13.5 Å². The molecule has 0 aliphatic carbocycles. The average Bonchev–Trinajstić information content (AvgIpc) is 2.80. The van der Waals surface area contributed by atoms with Crippen LogP contribution in [-0.2, 0) is 10.8 Å². The van der Waals surface area contributed by atoms with Crippen LogP contribution in [0.5, 0.6) is 5.75 Å². The maximum absolute atomic E-state index is 15.8.